The van der Waals surface area contributed by atoms with Crippen LogP contribution in [-0.4, -0.2) is 16.8 Å². The van der Waals surface area contributed by atoms with E-state index in [9.17, 15) is 4.79 Å². The van der Waals surface area contributed by atoms with Crippen LogP contribution in [0.5, 0.6) is 5.75 Å². The third-order valence-electron chi connectivity index (χ3n) is 4.73. The van der Waals surface area contributed by atoms with E-state index in [1.807, 2.05) is 55.5 Å². The molecule has 0 unspecified atom stereocenters. The molecule has 0 spiro atoms. The van der Waals surface area contributed by atoms with Gasteiger partial charge in [-0.1, -0.05) is 42.0 Å². The van der Waals surface area contributed by atoms with Crippen LogP contribution >= 0.6 is 12.2 Å². The van der Waals surface area contributed by atoms with Gasteiger partial charge in [-0.05, 0) is 60.9 Å². The molecule has 142 valence electrons. The van der Waals surface area contributed by atoms with Gasteiger partial charge in [0.2, 0.25) is 0 Å². The Morgan fingerprint density at radius 2 is 1.79 bits per heavy atom. The summed E-state index contributed by atoms with van der Waals surface area (Å²) in [6.07, 6.45) is 1.04. The molecule has 1 amide bonds. The molecule has 28 heavy (non-hydrogen) atoms. The Morgan fingerprint density at radius 3 is 2.57 bits per heavy atom. The minimum absolute atomic E-state index is 0.112. The molecule has 1 heterocycles. The molecular formula is C23H22N2O2S. The van der Waals surface area contributed by atoms with E-state index in [2.05, 4.69) is 33.9 Å². The number of nitrogens with one attached hydrogen (secondary N) is 1. The summed E-state index contributed by atoms with van der Waals surface area (Å²) in [5.41, 5.74) is 5.25. The average Bonchev–Trinajstić information content (AvgIpc) is 2.73. The topological polar surface area (TPSA) is 41.6 Å². The highest BCUT2D eigenvalue weighted by Gasteiger charge is 2.17. The van der Waals surface area contributed by atoms with E-state index in [1.54, 1.807) is 0 Å². The molecule has 0 fully saturated rings. The molecule has 0 saturated heterocycles. The van der Waals surface area contributed by atoms with Crippen molar-refractivity contribution >= 4 is 23.8 Å². The third kappa shape index (κ3) is 4.55. The number of anilines is 1. The lowest BCUT2D eigenvalue weighted by Gasteiger charge is -2.26. The number of hydrogen-bond acceptors (Lipinski definition) is 4. The number of fused-ring (bicyclic) bond motifs is 1. The first-order valence-electron chi connectivity index (χ1n) is 9.32. The summed E-state index contributed by atoms with van der Waals surface area (Å²) in [5, 5.41) is 2.92. The van der Waals surface area contributed by atoms with Crippen molar-refractivity contribution in [1.82, 2.24) is 4.31 Å². The van der Waals surface area contributed by atoms with Gasteiger partial charge in [0.15, 0.2) is 0 Å². The number of aryl methyl sites for hydroxylation is 1. The van der Waals surface area contributed by atoms with Crippen LogP contribution in [0.3, 0.4) is 0 Å². The van der Waals surface area contributed by atoms with Gasteiger partial charge in [-0.2, -0.15) is 0 Å². The number of hydrogen-bond donors (Lipinski definition) is 1. The summed E-state index contributed by atoms with van der Waals surface area (Å²) >= 11 is 1.38. The lowest BCUT2D eigenvalue weighted by atomic mass is 10.0. The molecule has 3 aromatic rings. The number of carbonyl (C=O) groups is 1. The fraction of sp³-hybridized carbons (Fsp3) is 0.174. The van der Waals surface area contributed by atoms with Crippen LogP contribution in [-0.2, 0) is 13.0 Å². The van der Waals surface area contributed by atoms with Gasteiger partial charge in [0.1, 0.15) is 18.0 Å². The highest BCUT2D eigenvalue weighted by atomic mass is 32.2. The number of amides is 1. The molecule has 0 atom stereocenters. The third-order valence-corrected chi connectivity index (χ3v) is 5.52. The summed E-state index contributed by atoms with van der Waals surface area (Å²) in [7, 11) is 0. The first-order valence-corrected chi connectivity index (χ1v) is 10.0. The molecule has 4 rings (SSSR count). The zero-order chi connectivity index (χ0) is 19.3. The second-order valence-corrected chi connectivity index (χ2v) is 7.72. The molecule has 5 heteroatoms. The molecule has 0 aliphatic carbocycles. The molecule has 1 aliphatic rings. The SMILES string of the molecule is Cc1cccc(C(=O)Nc2ccc(OSN3CCc4ccccc4C3)cc2)c1. The molecule has 1 aliphatic heterocycles. The van der Waals surface area contributed by atoms with Gasteiger partial charge in [-0.15, -0.1) is 0 Å². The van der Waals surface area contributed by atoms with Crippen molar-refractivity contribution in [1.29, 1.82) is 0 Å². The van der Waals surface area contributed by atoms with E-state index in [1.165, 1.54) is 23.4 Å². The van der Waals surface area contributed by atoms with Crippen molar-refractivity contribution in [3.05, 3.63) is 95.1 Å². The van der Waals surface area contributed by atoms with E-state index >= 15 is 0 Å². The van der Waals surface area contributed by atoms with Crippen LogP contribution in [0.2, 0.25) is 0 Å². The molecule has 1 N–H and O–H groups in total. The van der Waals surface area contributed by atoms with Gasteiger partial charge < -0.3 is 9.50 Å². The van der Waals surface area contributed by atoms with Crippen LogP contribution in [0.15, 0.2) is 72.8 Å². The summed E-state index contributed by atoms with van der Waals surface area (Å²) in [6.45, 7) is 3.82. The van der Waals surface area contributed by atoms with Gasteiger partial charge in [0.05, 0.1) is 0 Å². The molecule has 0 bridgehead atoms. The second-order valence-electron chi connectivity index (χ2n) is 6.89. The van der Waals surface area contributed by atoms with Crippen molar-refractivity contribution in [3.63, 3.8) is 0 Å². The van der Waals surface area contributed by atoms with Crippen LogP contribution in [0.25, 0.3) is 0 Å². The fourth-order valence-electron chi connectivity index (χ4n) is 3.21. The first kappa shape index (κ1) is 18.6. The number of carbonyl (C=O) groups excluding carboxylic acids is 1. The minimum atomic E-state index is -0.112. The molecular weight excluding hydrogens is 368 g/mol. The smallest absolute Gasteiger partial charge is 0.255 e. The van der Waals surface area contributed by atoms with E-state index < -0.39 is 0 Å². The van der Waals surface area contributed by atoms with Crippen LogP contribution in [0, 0.1) is 6.92 Å². The normalized spacial score (nSPS) is 13.6. The maximum Gasteiger partial charge on any atom is 0.255 e. The van der Waals surface area contributed by atoms with Crippen molar-refractivity contribution in [2.45, 2.75) is 19.9 Å². The van der Waals surface area contributed by atoms with E-state index in [-0.39, 0.29) is 5.91 Å². The predicted molar refractivity (Wildman–Crippen MR) is 114 cm³/mol. The quantitative estimate of drug-likeness (QED) is 0.477. The van der Waals surface area contributed by atoms with Crippen molar-refractivity contribution in [3.8, 4) is 5.75 Å². The molecule has 0 radical (unpaired) electrons. The minimum Gasteiger partial charge on any atom is -0.409 e. The van der Waals surface area contributed by atoms with E-state index in [0.717, 1.165) is 36.5 Å². The summed E-state index contributed by atoms with van der Waals surface area (Å²) in [6, 6.07) is 23.6. The largest absolute Gasteiger partial charge is 0.409 e. The monoisotopic (exact) mass is 390 g/mol. The van der Waals surface area contributed by atoms with Gasteiger partial charge in [0.25, 0.3) is 5.91 Å². The van der Waals surface area contributed by atoms with Crippen molar-refractivity contribution < 1.29 is 8.98 Å². The Morgan fingerprint density at radius 1 is 1.00 bits per heavy atom. The van der Waals surface area contributed by atoms with Crippen molar-refractivity contribution in [2.75, 3.05) is 11.9 Å². The highest BCUT2D eigenvalue weighted by molar-refractivity contribution is 7.92. The van der Waals surface area contributed by atoms with Gasteiger partial charge in [-0.3, -0.25) is 4.79 Å². The highest BCUT2D eigenvalue weighted by Crippen LogP contribution is 2.27. The summed E-state index contributed by atoms with van der Waals surface area (Å²) in [5.74, 6) is 0.649. The maximum absolute atomic E-state index is 12.3. The lowest BCUT2D eigenvalue weighted by molar-refractivity contribution is 0.102. The van der Waals surface area contributed by atoms with Gasteiger partial charge >= 0.3 is 0 Å². The van der Waals surface area contributed by atoms with Gasteiger partial charge in [0, 0.05) is 24.3 Å². The lowest BCUT2D eigenvalue weighted by Crippen LogP contribution is -2.25. The van der Waals surface area contributed by atoms with Crippen LogP contribution in [0.4, 0.5) is 5.69 Å². The molecule has 4 nitrogen and oxygen atoms in total. The number of rotatable bonds is 5. The number of benzene rings is 3. The number of nitrogens with zero attached hydrogens (tertiary/aromatic N) is 1. The second kappa shape index (κ2) is 8.50. The molecule has 0 aromatic heterocycles. The Balaban J connectivity index is 1.31. The Kier molecular flexibility index (Phi) is 5.65. The predicted octanol–water partition coefficient (Wildman–Crippen LogP) is 5.25. The average molecular weight is 391 g/mol. The first-order chi connectivity index (χ1) is 13.7. The summed E-state index contributed by atoms with van der Waals surface area (Å²) in [4.78, 5) is 12.3. The Hall–Kier alpha value is -2.76. The van der Waals surface area contributed by atoms with Crippen LogP contribution in [0.1, 0.15) is 27.0 Å². The molecule has 3 aromatic carbocycles. The summed E-state index contributed by atoms with van der Waals surface area (Å²) < 4.78 is 8.07. The Labute approximate surface area is 169 Å². The Bertz CT molecular complexity index is 972. The fourth-order valence-corrected chi connectivity index (χ4v) is 3.87. The van der Waals surface area contributed by atoms with E-state index in [0.29, 0.717) is 5.56 Å². The zero-order valence-corrected chi connectivity index (χ0v) is 16.5. The maximum atomic E-state index is 12.3. The van der Waals surface area contributed by atoms with Crippen LogP contribution < -0.4 is 9.50 Å². The molecule has 0 saturated carbocycles. The van der Waals surface area contributed by atoms with Gasteiger partial charge in [-0.25, -0.2) is 4.31 Å². The van der Waals surface area contributed by atoms with Crippen molar-refractivity contribution in [2.24, 2.45) is 0 Å². The van der Waals surface area contributed by atoms with E-state index in [4.69, 9.17) is 4.18 Å². The standard InChI is InChI=1S/C23H22N2O2S/c1-17-5-4-8-19(15-17)23(26)24-21-9-11-22(12-10-21)27-28-25-14-13-18-6-2-3-7-20(18)16-25/h2-12,15H,13-14,16H2,1H3,(H,24,26). The zero-order valence-electron chi connectivity index (χ0n) is 15.7.